The number of hydrogen-bond donors (Lipinski definition) is 0. The monoisotopic (exact) mass is 584 g/mol. The smallest absolute Gasteiger partial charge is 0.242 e. The number of pyridine rings is 2. The van der Waals surface area contributed by atoms with Gasteiger partial charge in [-0.25, -0.2) is 34.7 Å². The van der Waals surface area contributed by atoms with Gasteiger partial charge in [-0.05, 0) is 48.5 Å². The molecule has 0 aliphatic carbocycles. The first-order chi connectivity index (χ1) is 18.2. The summed E-state index contributed by atoms with van der Waals surface area (Å²) in [6.45, 7) is 0. The lowest BCUT2D eigenvalue weighted by Crippen LogP contribution is -2.11. The molecule has 6 rings (SSSR count). The molecule has 0 unspecified atom stereocenters. The quantitative estimate of drug-likeness (QED) is 0.240. The molecule has 192 valence electrons. The fourth-order valence-corrected chi connectivity index (χ4v) is 7.22. The highest BCUT2D eigenvalue weighted by Gasteiger charge is 2.21. The van der Waals surface area contributed by atoms with E-state index in [1.165, 1.54) is 12.4 Å². The van der Waals surface area contributed by atoms with Crippen molar-refractivity contribution in [2.45, 2.75) is 9.79 Å². The average Bonchev–Trinajstić information content (AvgIpc) is 3.57. The summed E-state index contributed by atoms with van der Waals surface area (Å²) in [6, 6.07) is 23.3. The van der Waals surface area contributed by atoms with Crippen LogP contribution in [0.4, 0.5) is 0 Å². The van der Waals surface area contributed by atoms with Crippen LogP contribution in [0.5, 0.6) is 0 Å². The standard InChI is InChI=1S/2C13H9ClN2O2S/c2*14-13-12-10(6-8-15-13)7-9-16(12)19(17,18)11-4-2-1-3-5-11/h2*1-9H. The van der Waals surface area contributed by atoms with Crippen LogP contribution in [0, 0.1) is 0 Å². The van der Waals surface area contributed by atoms with Crippen molar-refractivity contribution in [3.63, 3.8) is 0 Å². The fourth-order valence-electron chi connectivity index (χ4n) is 3.85. The van der Waals surface area contributed by atoms with Crippen molar-refractivity contribution in [3.05, 3.63) is 120 Å². The van der Waals surface area contributed by atoms with E-state index in [4.69, 9.17) is 23.2 Å². The molecular weight excluding hydrogens is 567 g/mol. The maximum Gasteiger partial charge on any atom is 0.268 e. The number of nitrogens with zero attached hydrogens (tertiary/aromatic N) is 4. The first kappa shape index (κ1) is 25.9. The lowest BCUT2D eigenvalue weighted by Gasteiger charge is -2.07. The molecule has 38 heavy (non-hydrogen) atoms. The van der Waals surface area contributed by atoms with Crippen molar-refractivity contribution in [1.82, 2.24) is 17.9 Å². The van der Waals surface area contributed by atoms with Gasteiger partial charge in [0.05, 0.1) is 9.79 Å². The summed E-state index contributed by atoms with van der Waals surface area (Å²) in [5, 5.41) is 1.81. The minimum atomic E-state index is -3.65. The minimum absolute atomic E-state index is 0.169. The van der Waals surface area contributed by atoms with Crippen LogP contribution >= 0.6 is 23.2 Å². The lowest BCUT2D eigenvalue weighted by atomic mass is 10.3. The number of hydrogen-bond acceptors (Lipinski definition) is 6. The molecule has 2 aromatic carbocycles. The SMILES string of the molecule is O=S(=O)(c1ccccc1)n1ccc2ccnc(Cl)c21.O=S(=O)(c1ccccc1)n1ccc2ccnc(Cl)c21. The van der Waals surface area contributed by atoms with E-state index >= 15 is 0 Å². The lowest BCUT2D eigenvalue weighted by molar-refractivity contribution is 0.587. The van der Waals surface area contributed by atoms with Gasteiger partial charge in [0.15, 0.2) is 10.3 Å². The van der Waals surface area contributed by atoms with Gasteiger partial charge in [0.2, 0.25) is 0 Å². The van der Waals surface area contributed by atoms with Gasteiger partial charge in [-0.2, -0.15) is 0 Å². The Hall–Kier alpha value is -3.70. The van der Waals surface area contributed by atoms with Crippen LogP contribution in [0.1, 0.15) is 0 Å². The van der Waals surface area contributed by atoms with Gasteiger partial charge >= 0.3 is 0 Å². The number of benzene rings is 2. The Morgan fingerprint density at radius 3 is 1.26 bits per heavy atom. The summed E-state index contributed by atoms with van der Waals surface area (Å²) < 4.78 is 52.5. The molecule has 0 spiro atoms. The highest BCUT2D eigenvalue weighted by molar-refractivity contribution is 7.90. The second-order valence-electron chi connectivity index (χ2n) is 7.94. The van der Waals surface area contributed by atoms with E-state index in [9.17, 15) is 16.8 Å². The molecule has 0 bridgehead atoms. The largest absolute Gasteiger partial charge is 0.268 e. The number of aromatic nitrogens is 4. The van der Waals surface area contributed by atoms with Gasteiger partial charge in [-0.15, -0.1) is 0 Å². The van der Waals surface area contributed by atoms with Gasteiger partial charge in [0.1, 0.15) is 11.0 Å². The van der Waals surface area contributed by atoms with E-state index < -0.39 is 20.0 Å². The highest BCUT2D eigenvalue weighted by atomic mass is 35.5. The average molecular weight is 585 g/mol. The van der Waals surface area contributed by atoms with Crippen LogP contribution in [0.15, 0.2) is 120 Å². The van der Waals surface area contributed by atoms with Crippen molar-refractivity contribution in [3.8, 4) is 0 Å². The third-order valence-electron chi connectivity index (χ3n) is 5.64. The molecule has 0 N–H and O–H groups in total. The molecule has 6 aromatic rings. The van der Waals surface area contributed by atoms with Crippen LogP contribution in [-0.2, 0) is 20.0 Å². The van der Waals surface area contributed by atoms with E-state index in [0.717, 1.165) is 18.7 Å². The summed E-state index contributed by atoms with van der Waals surface area (Å²) in [4.78, 5) is 8.29. The third kappa shape index (κ3) is 4.67. The molecule has 0 aliphatic rings. The zero-order valence-corrected chi connectivity index (χ0v) is 22.5. The molecule has 0 radical (unpaired) electrons. The van der Waals surface area contributed by atoms with Crippen molar-refractivity contribution in [2.75, 3.05) is 0 Å². The Morgan fingerprint density at radius 2 is 0.895 bits per heavy atom. The molecule has 4 heterocycles. The molecule has 0 atom stereocenters. The van der Waals surface area contributed by atoms with Crippen LogP contribution in [-0.4, -0.2) is 34.7 Å². The predicted octanol–water partition coefficient (Wildman–Crippen LogP) is 5.85. The van der Waals surface area contributed by atoms with Gasteiger partial charge in [0.25, 0.3) is 20.0 Å². The maximum atomic E-state index is 12.5. The highest BCUT2D eigenvalue weighted by Crippen LogP contribution is 2.27. The Balaban J connectivity index is 0.000000155. The van der Waals surface area contributed by atoms with Crippen LogP contribution < -0.4 is 0 Å². The maximum absolute atomic E-state index is 12.5. The first-order valence-corrected chi connectivity index (χ1v) is 14.7. The topological polar surface area (TPSA) is 104 Å². The summed E-state index contributed by atoms with van der Waals surface area (Å²) in [7, 11) is -7.31. The van der Waals surface area contributed by atoms with Crippen LogP contribution in [0.25, 0.3) is 21.8 Å². The Kier molecular flexibility index (Phi) is 6.97. The summed E-state index contributed by atoms with van der Waals surface area (Å²) in [5.74, 6) is 0. The Labute approximate surface area is 228 Å². The molecule has 12 heteroatoms. The zero-order chi connectivity index (χ0) is 26.9. The van der Waals surface area contributed by atoms with Gasteiger partial charge in [0, 0.05) is 35.6 Å². The number of fused-ring (bicyclic) bond motifs is 2. The first-order valence-electron chi connectivity index (χ1n) is 11.1. The normalized spacial score (nSPS) is 11.8. The molecule has 0 saturated carbocycles. The summed E-state index contributed by atoms with van der Waals surface area (Å²) in [6.07, 6.45) is 6.06. The summed E-state index contributed by atoms with van der Waals surface area (Å²) in [5.41, 5.74) is 0.793. The minimum Gasteiger partial charge on any atom is -0.242 e. The van der Waals surface area contributed by atoms with Crippen molar-refractivity contribution >= 4 is 65.1 Å². The molecule has 0 aliphatic heterocycles. The molecule has 0 amide bonds. The molecule has 0 saturated heterocycles. The molecule has 8 nitrogen and oxygen atoms in total. The predicted molar refractivity (Wildman–Crippen MR) is 148 cm³/mol. The van der Waals surface area contributed by atoms with Crippen molar-refractivity contribution in [1.29, 1.82) is 0 Å². The number of halogens is 2. The van der Waals surface area contributed by atoms with E-state index in [-0.39, 0.29) is 20.1 Å². The number of rotatable bonds is 4. The third-order valence-corrected chi connectivity index (χ3v) is 9.57. The van der Waals surface area contributed by atoms with E-state index in [2.05, 4.69) is 9.97 Å². The van der Waals surface area contributed by atoms with E-state index in [1.807, 2.05) is 0 Å². The Morgan fingerprint density at radius 1 is 0.526 bits per heavy atom. The Bertz CT molecular complexity index is 1830. The van der Waals surface area contributed by atoms with Gasteiger partial charge in [-0.1, -0.05) is 59.6 Å². The van der Waals surface area contributed by atoms with Crippen molar-refractivity contribution < 1.29 is 16.8 Å². The second kappa shape index (κ2) is 10.2. The van der Waals surface area contributed by atoms with Gasteiger partial charge < -0.3 is 0 Å². The molecule has 4 aromatic heterocycles. The van der Waals surface area contributed by atoms with Crippen molar-refractivity contribution in [2.24, 2.45) is 0 Å². The summed E-state index contributed by atoms with van der Waals surface area (Å²) >= 11 is 12.0. The van der Waals surface area contributed by atoms with E-state index in [0.29, 0.717) is 11.0 Å². The fraction of sp³-hybridized carbons (Fsp3) is 0. The van der Waals surface area contributed by atoms with Crippen LogP contribution in [0.2, 0.25) is 10.3 Å². The second-order valence-corrected chi connectivity index (χ2v) is 12.3. The van der Waals surface area contributed by atoms with Crippen LogP contribution in [0.3, 0.4) is 0 Å². The van der Waals surface area contributed by atoms with Gasteiger partial charge in [-0.3, -0.25) is 0 Å². The molecular formula is C26H18Cl2N4O4S2. The zero-order valence-electron chi connectivity index (χ0n) is 19.4. The molecule has 0 fully saturated rings. The van der Waals surface area contributed by atoms with E-state index in [1.54, 1.807) is 97.3 Å².